The molecule has 2 aromatic rings. The smallest absolute Gasteiger partial charge is 0.270 e. The molecule has 1 fully saturated rings. The summed E-state index contributed by atoms with van der Waals surface area (Å²) in [5, 5.41) is 23.0. The standard InChI is InChI=1S/C21H22N4O3/c1-15-7-9-24(10-8-15)20-6-5-18(25(27)28)12-19(20)21(26)23-14-17-4-2-3-16(11-17)13-22/h2-6,11-12,15H,7-10,14H2,1H3,(H,23,26). The van der Waals surface area contributed by atoms with E-state index in [1.54, 1.807) is 24.3 Å². The molecule has 3 rings (SSSR count). The fourth-order valence-electron chi connectivity index (χ4n) is 3.37. The molecule has 7 nitrogen and oxygen atoms in total. The Hall–Kier alpha value is -3.40. The summed E-state index contributed by atoms with van der Waals surface area (Å²) in [6, 6.07) is 13.5. The van der Waals surface area contributed by atoms with E-state index < -0.39 is 4.92 Å². The Labute approximate surface area is 163 Å². The van der Waals surface area contributed by atoms with Crippen molar-refractivity contribution >= 4 is 17.3 Å². The van der Waals surface area contributed by atoms with Gasteiger partial charge in [-0.2, -0.15) is 5.26 Å². The van der Waals surface area contributed by atoms with Gasteiger partial charge in [-0.05, 0) is 42.5 Å². The summed E-state index contributed by atoms with van der Waals surface area (Å²) in [5.74, 6) is 0.277. The van der Waals surface area contributed by atoms with Gasteiger partial charge in [-0.1, -0.05) is 19.1 Å². The molecule has 1 aliphatic rings. The number of nitrogens with one attached hydrogen (secondary N) is 1. The predicted molar refractivity (Wildman–Crippen MR) is 106 cm³/mol. The molecular weight excluding hydrogens is 356 g/mol. The van der Waals surface area contributed by atoms with Crippen LogP contribution in [0.15, 0.2) is 42.5 Å². The fraction of sp³-hybridized carbons (Fsp3) is 0.333. The number of nitro benzene ring substituents is 1. The van der Waals surface area contributed by atoms with Gasteiger partial charge in [0.05, 0.1) is 27.8 Å². The zero-order valence-corrected chi connectivity index (χ0v) is 15.7. The molecule has 0 aliphatic carbocycles. The van der Waals surface area contributed by atoms with Crippen molar-refractivity contribution in [3.63, 3.8) is 0 Å². The number of piperidine rings is 1. The number of anilines is 1. The van der Waals surface area contributed by atoms with Crippen molar-refractivity contribution in [3.05, 3.63) is 69.3 Å². The molecule has 0 atom stereocenters. The van der Waals surface area contributed by atoms with Gasteiger partial charge in [-0.3, -0.25) is 14.9 Å². The second-order valence-corrected chi connectivity index (χ2v) is 7.12. The lowest BCUT2D eigenvalue weighted by Crippen LogP contribution is -2.35. The Morgan fingerprint density at radius 2 is 2.04 bits per heavy atom. The number of nitrogens with zero attached hydrogens (tertiary/aromatic N) is 3. The molecule has 0 bridgehead atoms. The summed E-state index contributed by atoms with van der Waals surface area (Å²) in [6.45, 7) is 4.09. The Kier molecular flexibility index (Phi) is 5.90. The van der Waals surface area contributed by atoms with Gasteiger partial charge in [0.2, 0.25) is 0 Å². The average molecular weight is 378 g/mol. The number of carbonyl (C=O) groups is 1. The molecule has 1 heterocycles. The number of nitro groups is 1. The van der Waals surface area contributed by atoms with E-state index in [4.69, 9.17) is 5.26 Å². The van der Waals surface area contributed by atoms with Gasteiger partial charge in [0, 0.05) is 31.8 Å². The molecule has 0 saturated carbocycles. The van der Waals surface area contributed by atoms with E-state index in [2.05, 4.69) is 23.2 Å². The third-order valence-corrected chi connectivity index (χ3v) is 5.07. The van der Waals surface area contributed by atoms with Gasteiger partial charge in [0.15, 0.2) is 0 Å². The van der Waals surface area contributed by atoms with Crippen LogP contribution in [0.2, 0.25) is 0 Å². The highest BCUT2D eigenvalue weighted by molar-refractivity contribution is 6.00. The van der Waals surface area contributed by atoms with Crippen LogP contribution in [0.3, 0.4) is 0 Å². The van der Waals surface area contributed by atoms with Gasteiger partial charge < -0.3 is 10.2 Å². The van der Waals surface area contributed by atoms with E-state index in [-0.39, 0.29) is 18.1 Å². The largest absolute Gasteiger partial charge is 0.371 e. The zero-order valence-electron chi connectivity index (χ0n) is 15.7. The number of hydrogen-bond donors (Lipinski definition) is 1. The van der Waals surface area contributed by atoms with Crippen molar-refractivity contribution in [1.82, 2.24) is 5.32 Å². The topological polar surface area (TPSA) is 99.3 Å². The summed E-state index contributed by atoms with van der Waals surface area (Å²) < 4.78 is 0. The van der Waals surface area contributed by atoms with Crippen LogP contribution in [0.4, 0.5) is 11.4 Å². The molecule has 0 radical (unpaired) electrons. The molecular formula is C21H22N4O3. The van der Waals surface area contributed by atoms with Crippen molar-refractivity contribution in [1.29, 1.82) is 5.26 Å². The van der Waals surface area contributed by atoms with Gasteiger partial charge >= 0.3 is 0 Å². The normalized spacial score (nSPS) is 14.4. The molecule has 1 aliphatic heterocycles. The average Bonchev–Trinajstić information content (AvgIpc) is 2.72. The Morgan fingerprint density at radius 1 is 1.29 bits per heavy atom. The van der Waals surface area contributed by atoms with E-state index in [0.717, 1.165) is 37.2 Å². The minimum atomic E-state index is -0.491. The summed E-state index contributed by atoms with van der Waals surface area (Å²) in [7, 11) is 0. The molecule has 0 unspecified atom stereocenters. The number of non-ortho nitro benzene ring substituents is 1. The quantitative estimate of drug-likeness (QED) is 0.633. The van der Waals surface area contributed by atoms with Crippen molar-refractivity contribution in [2.24, 2.45) is 5.92 Å². The predicted octanol–water partition coefficient (Wildman–Crippen LogP) is 3.63. The highest BCUT2D eigenvalue weighted by Gasteiger charge is 2.23. The molecule has 1 N–H and O–H groups in total. The molecule has 0 spiro atoms. The van der Waals surface area contributed by atoms with Crippen molar-refractivity contribution in [2.45, 2.75) is 26.3 Å². The minimum Gasteiger partial charge on any atom is -0.371 e. The SMILES string of the molecule is CC1CCN(c2ccc([N+](=O)[O-])cc2C(=O)NCc2cccc(C#N)c2)CC1. The van der Waals surface area contributed by atoms with E-state index in [1.807, 2.05) is 6.07 Å². The van der Waals surface area contributed by atoms with Crippen molar-refractivity contribution in [3.8, 4) is 6.07 Å². The zero-order chi connectivity index (χ0) is 20.1. The third-order valence-electron chi connectivity index (χ3n) is 5.07. The van der Waals surface area contributed by atoms with Crippen LogP contribution < -0.4 is 10.2 Å². The van der Waals surface area contributed by atoms with E-state index in [9.17, 15) is 14.9 Å². The number of amides is 1. The molecule has 28 heavy (non-hydrogen) atoms. The number of benzene rings is 2. The first-order chi connectivity index (χ1) is 13.5. The number of nitriles is 1. The van der Waals surface area contributed by atoms with E-state index >= 15 is 0 Å². The number of hydrogen-bond acceptors (Lipinski definition) is 5. The fourth-order valence-corrected chi connectivity index (χ4v) is 3.37. The van der Waals surface area contributed by atoms with E-state index in [1.165, 1.54) is 12.1 Å². The van der Waals surface area contributed by atoms with Crippen LogP contribution in [0.1, 0.15) is 41.3 Å². The molecule has 7 heteroatoms. The number of carbonyl (C=O) groups excluding carboxylic acids is 1. The Bertz CT molecular complexity index is 927. The molecule has 2 aromatic carbocycles. The van der Waals surface area contributed by atoms with Crippen LogP contribution in [0.25, 0.3) is 0 Å². The summed E-state index contributed by atoms with van der Waals surface area (Å²) in [6.07, 6.45) is 2.05. The highest BCUT2D eigenvalue weighted by Crippen LogP contribution is 2.29. The highest BCUT2D eigenvalue weighted by atomic mass is 16.6. The van der Waals surface area contributed by atoms with Crippen LogP contribution in [0, 0.1) is 27.4 Å². The lowest BCUT2D eigenvalue weighted by atomic mass is 9.98. The summed E-state index contributed by atoms with van der Waals surface area (Å²) in [4.78, 5) is 25.7. The van der Waals surface area contributed by atoms with Crippen molar-refractivity contribution < 1.29 is 9.72 Å². The van der Waals surface area contributed by atoms with Crippen LogP contribution >= 0.6 is 0 Å². The van der Waals surface area contributed by atoms with Crippen LogP contribution in [0.5, 0.6) is 0 Å². The van der Waals surface area contributed by atoms with Gasteiger partial charge in [-0.25, -0.2) is 0 Å². The lowest BCUT2D eigenvalue weighted by molar-refractivity contribution is -0.384. The van der Waals surface area contributed by atoms with Crippen LogP contribution in [-0.4, -0.2) is 23.9 Å². The summed E-state index contributed by atoms with van der Waals surface area (Å²) in [5.41, 5.74) is 2.24. The second-order valence-electron chi connectivity index (χ2n) is 7.12. The van der Waals surface area contributed by atoms with E-state index in [0.29, 0.717) is 17.0 Å². The number of rotatable bonds is 5. The first-order valence-electron chi connectivity index (χ1n) is 9.28. The lowest BCUT2D eigenvalue weighted by Gasteiger charge is -2.33. The Balaban J connectivity index is 1.83. The first kappa shape index (κ1) is 19.4. The maximum Gasteiger partial charge on any atom is 0.270 e. The monoisotopic (exact) mass is 378 g/mol. The maximum atomic E-state index is 12.8. The minimum absolute atomic E-state index is 0.106. The third kappa shape index (κ3) is 4.46. The Morgan fingerprint density at radius 3 is 2.71 bits per heavy atom. The maximum absolute atomic E-state index is 12.8. The van der Waals surface area contributed by atoms with Gasteiger partial charge in [0.25, 0.3) is 11.6 Å². The van der Waals surface area contributed by atoms with Crippen molar-refractivity contribution in [2.75, 3.05) is 18.0 Å². The second kappa shape index (κ2) is 8.53. The molecule has 1 amide bonds. The molecule has 144 valence electrons. The summed E-state index contributed by atoms with van der Waals surface area (Å²) >= 11 is 0. The first-order valence-corrected chi connectivity index (χ1v) is 9.28. The van der Waals surface area contributed by atoms with Gasteiger partial charge in [0.1, 0.15) is 0 Å². The molecule has 0 aromatic heterocycles. The molecule has 1 saturated heterocycles. The van der Waals surface area contributed by atoms with Gasteiger partial charge in [-0.15, -0.1) is 0 Å². The van der Waals surface area contributed by atoms with Crippen LogP contribution in [-0.2, 0) is 6.54 Å².